The fourth-order valence-electron chi connectivity index (χ4n) is 1.88. The summed E-state index contributed by atoms with van der Waals surface area (Å²) in [7, 11) is 0. The molecule has 1 N–H and O–H groups in total. The van der Waals surface area contributed by atoms with Crippen molar-refractivity contribution in [3.63, 3.8) is 0 Å². The van der Waals surface area contributed by atoms with E-state index in [1.165, 1.54) is 11.0 Å². The first-order valence-electron chi connectivity index (χ1n) is 6.74. The van der Waals surface area contributed by atoms with Gasteiger partial charge in [0, 0.05) is 0 Å². The molecule has 1 amide bonds. The van der Waals surface area contributed by atoms with Crippen LogP contribution in [-0.2, 0) is 4.74 Å². The lowest BCUT2D eigenvalue weighted by molar-refractivity contribution is 0.0598. The van der Waals surface area contributed by atoms with E-state index >= 15 is 0 Å². The van der Waals surface area contributed by atoms with Gasteiger partial charge in [-0.05, 0) is 45.0 Å². The van der Waals surface area contributed by atoms with E-state index in [4.69, 9.17) is 4.74 Å². The van der Waals surface area contributed by atoms with Gasteiger partial charge in [-0.2, -0.15) is 0 Å². The topological polar surface area (TPSA) is 49.8 Å². The van der Waals surface area contributed by atoms with Gasteiger partial charge < -0.3 is 9.84 Å². The van der Waals surface area contributed by atoms with Gasteiger partial charge in [0.05, 0.1) is 11.4 Å². The van der Waals surface area contributed by atoms with Crippen molar-refractivity contribution >= 4 is 17.5 Å². The van der Waals surface area contributed by atoms with Gasteiger partial charge in [-0.1, -0.05) is 30.3 Å². The molecule has 0 atom stereocenters. The summed E-state index contributed by atoms with van der Waals surface area (Å²) in [6, 6.07) is 15.8. The van der Waals surface area contributed by atoms with E-state index < -0.39 is 11.7 Å². The first-order chi connectivity index (χ1) is 9.88. The third-order valence-corrected chi connectivity index (χ3v) is 2.71. The standard InChI is InChI=1S/C17H19NO3/c1-17(2,3)21-16(20)18(13-9-5-4-6-10-13)14-11-7-8-12-15(14)19/h4-12,19H,1-3H3. The molecule has 0 unspecified atom stereocenters. The molecule has 0 aliphatic heterocycles. The number of hydrogen-bond acceptors (Lipinski definition) is 3. The molecule has 0 spiro atoms. The molecular weight excluding hydrogens is 266 g/mol. The van der Waals surface area contributed by atoms with Crippen LogP contribution in [0.2, 0.25) is 0 Å². The highest BCUT2D eigenvalue weighted by molar-refractivity contribution is 5.97. The Morgan fingerprint density at radius 1 is 1.00 bits per heavy atom. The average molecular weight is 285 g/mol. The maximum absolute atomic E-state index is 12.5. The van der Waals surface area contributed by atoms with E-state index in [-0.39, 0.29) is 5.75 Å². The second-order valence-electron chi connectivity index (χ2n) is 5.64. The predicted octanol–water partition coefficient (Wildman–Crippen LogP) is 4.47. The van der Waals surface area contributed by atoms with Crippen LogP contribution in [0.4, 0.5) is 16.2 Å². The second kappa shape index (κ2) is 5.87. The molecule has 2 rings (SSSR count). The van der Waals surface area contributed by atoms with Gasteiger partial charge >= 0.3 is 6.09 Å². The van der Waals surface area contributed by atoms with Crippen LogP contribution in [0.5, 0.6) is 5.75 Å². The van der Waals surface area contributed by atoms with Crippen molar-refractivity contribution in [2.75, 3.05) is 4.90 Å². The van der Waals surface area contributed by atoms with E-state index in [9.17, 15) is 9.90 Å². The highest BCUT2D eigenvalue weighted by Crippen LogP contribution is 2.33. The quantitative estimate of drug-likeness (QED) is 0.886. The van der Waals surface area contributed by atoms with Crippen LogP contribution in [0.15, 0.2) is 54.6 Å². The van der Waals surface area contributed by atoms with Crippen LogP contribution >= 0.6 is 0 Å². The largest absolute Gasteiger partial charge is 0.506 e. The van der Waals surface area contributed by atoms with Crippen molar-refractivity contribution < 1.29 is 14.6 Å². The van der Waals surface area contributed by atoms with Crippen molar-refractivity contribution in [3.8, 4) is 5.75 Å². The molecule has 110 valence electrons. The first kappa shape index (κ1) is 14.9. The Hall–Kier alpha value is -2.49. The Balaban J connectivity index is 2.46. The molecule has 0 fully saturated rings. The summed E-state index contributed by atoms with van der Waals surface area (Å²) in [5.74, 6) is 0.0206. The number of phenolic OH excluding ortho intramolecular Hbond substituents is 1. The molecule has 0 bridgehead atoms. The Kier molecular flexibility index (Phi) is 4.17. The summed E-state index contributed by atoms with van der Waals surface area (Å²) in [4.78, 5) is 13.9. The van der Waals surface area contributed by atoms with Crippen molar-refractivity contribution in [1.82, 2.24) is 0 Å². The minimum atomic E-state index is -0.617. The third kappa shape index (κ3) is 3.75. The van der Waals surface area contributed by atoms with Crippen molar-refractivity contribution in [3.05, 3.63) is 54.6 Å². The zero-order chi connectivity index (χ0) is 15.5. The van der Waals surface area contributed by atoms with Crippen molar-refractivity contribution in [2.24, 2.45) is 0 Å². The summed E-state index contributed by atoms with van der Waals surface area (Å²) in [6.07, 6.45) is -0.532. The molecule has 2 aromatic rings. The number of benzene rings is 2. The lowest BCUT2D eigenvalue weighted by Crippen LogP contribution is -2.33. The summed E-state index contributed by atoms with van der Waals surface area (Å²) >= 11 is 0. The average Bonchev–Trinajstić information content (AvgIpc) is 2.40. The fraction of sp³-hybridized carbons (Fsp3) is 0.235. The molecule has 0 heterocycles. The van der Waals surface area contributed by atoms with Gasteiger partial charge in [0.1, 0.15) is 11.4 Å². The molecule has 0 aromatic heterocycles. The number of rotatable bonds is 2. The van der Waals surface area contributed by atoms with Gasteiger partial charge in [0.2, 0.25) is 0 Å². The fourth-order valence-corrected chi connectivity index (χ4v) is 1.88. The lowest BCUT2D eigenvalue weighted by Gasteiger charge is -2.27. The highest BCUT2D eigenvalue weighted by Gasteiger charge is 2.26. The summed E-state index contributed by atoms with van der Waals surface area (Å²) in [6.45, 7) is 5.41. The predicted molar refractivity (Wildman–Crippen MR) is 82.9 cm³/mol. The minimum absolute atomic E-state index is 0.0206. The Morgan fingerprint density at radius 3 is 2.14 bits per heavy atom. The molecule has 0 saturated carbocycles. The molecule has 0 saturated heterocycles. The number of ether oxygens (including phenoxy) is 1. The van der Waals surface area contributed by atoms with E-state index in [1.54, 1.807) is 51.1 Å². The van der Waals surface area contributed by atoms with E-state index in [1.807, 2.05) is 18.2 Å². The van der Waals surface area contributed by atoms with Crippen LogP contribution in [0, 0.1) is 0 Å². The SMILES string of the molecule is CC(C)(C)OC(=O)N(c1ccccc1)c1ccccc1O. The number of carbonyl (C=O) groups is 1. The minimum Gasteiger partial charge on any atom is -0.506 e. The molecule has 4 nitrogen and oxygen atoms in total. The normalized spacial score (nSPS) is 11.0. The Labute approximate surface area is 124 Å². The molecule has 2 aromatic carbocycles. The van der Waals surface area contributed by atoms with Crippen LogP contribution in [0.25, 0.3) is 0 Å². The number of phenols is 1. The molecule has 0 aliphatic carbocycles. The smallest absolute Gasteiger partial charge is 0.419 e. The van der Waals surface area contributed by atoms with Gasteiger partial charge in [-0.25, -0.2) is 9.69 Å². The molecule has 4 heteroatoms. The number of anilines is 2. The number of nitrogens with zero attached hydrogens (tertiary/aromatic N) is 1. The molecule has 0 radical (unpaired) electrons. The van der Waals surface area contributed by atoms with Gasteiger partial charge in [0.25, 0.3) is 0 Å². The zero-order valence-electron chi connectivity index (χ0n) is 12.4. The number of amides is 1. The van der Waals surface area contributed by atoms with E-state index in [0.29, 0.717) is 11.4 Å². The summed E-state index contributed by atoms with van der Waals surface area (Å²) in [5, 5.41) is 10.0. The van der Waals surface area contributed by atoms with Gasteiger partial charge in [-0.15, -0.1) is 0 Å². The lowest BCUT2D eigenvalue weighted by atomic mass is 10.2. The Morgan fingerprint density at radius 2 is 1.57 bits per heavy atom. The number of aromatic hydroxyl groups is 1. The van der Waals surface area contributed by atoms with Crippen molar-refractivity contribution in [2.45, 2.75) is 26.4 Å². The van der Waals surface area contributed by atoms with E-state index in [2.05, 4.69) is 0 Å². The number of para-hydroxylation sites is 3. The van der Waals surface area contributed by atoms with Gasteiger partial charge in [-0.3, -0.25) is 0 Å². The summed E-state index contributed by atoms with van der Waals surface area (Å²) in [5.41, 5.74) is 0.403. The number of hydrogen-bond donors (Lipinski definition) is 1. The van der Waals surface area contributed by atoms with Crippen LogP contribution < -0.4 is 4.90 Å². The van der Waals surface area contributed by atoms with Crippen LogP contribution in [0.1, 0.15) is 20.8 Å². The monoisotopic (exact) mass is 285 g/mol. The second-order valence-corrected chi connectivity index (χ2v) is 5.64. The van der Waals surface area contributed by atoms with Crippen LogP contribution in [0.3, 0.4) is 0 Å². The Bertz CT molecular complexity index is 617. The first-order valence-corrected chi connectivity index (χ1v) is 6.74. The zero-order valence-corrected chi connectivity index (χ0v) is 12.4. The van der Waals surface area contributed by atoms with Gasteiger partial charge in [0.15, 0.2) is 0 Å². The van der Waals surface area contributed by atoms with Crippen molar-refractivity contribution in [1.29, 1.82) is 0 Å². The molecular formula is C17H19NO3. The highest BCUT2D eigenvalue weighted by atomic mass is 16.6. The number of carbonyl (C=O) groups excluding carboxylic acids is 1. The molecule has 0 aliphatic rings. The maximum Gasteiger partial charge on any atom is 0.419 e. The summed E-state index contributed by atoms with van der Waals surface area (Å²) < 4.78 is 5.44. The van der Waals surface area contributed by atoms with Crippen LogP contribution in [-0.4, -0.2) is 16.8 Å². The molecule has 21 heavy (non-hydrogen) atoms. The maximum atomic E-state index is 12.5. The third-order valence-electron chi connectivity index (χ3n) is 2.71. The van der Waals surface area contributed by atoms with E-state index in [0.717, 1.165) is 0 Å².